The van der Waals surface area contributed by atoms with Gasteiger partial charge in [-0.25, -0.2) is 0 Å². The van der Waals surface area contributed by atoms with Crippen LogP contribution in [0.25, 0.3) is 5.57 Å². The van der Waals surface area contributed by atoms with Gasteiger partial charge in [0.15, 0.2) is 0 Å². The zero-order chi connectivity index (χ0) is 22.2. The van der Waals surface area contributed by atoms with Crippen LogP contribution in [0.2, 0.25) is 0 Å². The molecular weight excluding hydrogens is 392 g/mol. The van der Waals surface area contributed by atoms with E-state index >= 15 is 0 Å². The highest BCUT2D eigenvalue weighted by atomic mass is 32.2. The molecule has 2 unspecified atom stereocenters. The lowest BCUT2D eigenvalue weighted by atomic mass is 9.69. The molecule has 1 spiro atoms. The van der Waals surface area contributed by atoms with Gasteiger partial charge >= 0.3 is 0 Å². The molecule has 0 bridgehead atoms. The third kappa shape index (κ3) is 3.15. The maximum absolute atomic E-state index is 4.46. The van der Waals surface area contributed by atoms with Gasteiger partial charge in [0.05, 0.1) is 5.41 Å². The molecule has 0 saturated heterocycles. The van der Waals surface area contributed by atoms with Gasteiger partial charge in [0, 0.05) is 10.5 Å². The lowest BCUT2D eigenvalue weighted by Crippen LogP contribution is -2.29. The molecule has 2 atom stereocenters. The van der Waals surface area contributed by atoms with E-state index in [1.165, 1.54) is 43.9 Å². The van der Waals surface area contributed by atoms with Crippen molar-refractivity contribution in [2.45, 2.75) is 32.6 Å². The second-order valence-corrected chi connectivity index (χ2v) is 9.40. The Morgan fingerprint density at radius 3 is 2.61 bits per heavy atom. The largest absolute Gasteiger partial charge is 0.103 e. The Bertz CT molecular complexity index is 1160. The molecule has 0 radical (unpaired) electrons. The van der Waals surface area contributed by atoms with Gasteiger partial charge in [-0.1, -0.05) is 86.9 Å². The first-order chi connectivity index (χ1) is 15.0. The summed E-state index contributed by atoms with van der Waals surface area (Å²) in [6, 6.07) is 8.89. The zero-order valence-corrected chi connectivity index (χ0v) is 19.6. The molecule has 1 aromatic rings. The van der Waals surface area contributed by atoms with Crippen LogP contribution < -0.4 is 0 Å². The molecule has 0 N–H and O–H groups in total. The summed E-state index contributed by atoms with van der Waals surface area (Å²) in [5.74, 6) is 0.395. The van der Waals surface area contributed by atoms with Crippen molar-refractivity contribution in [3.63, 3.8) is 0 Å². The van der Waals surface area contributed by atoms with Gasteiger partial charge < -0.3 is 0 Å². The third-order valence-corrected chi connectivity index (χ3v) is 7.80. The van der Waals surface area contributed by atoms with E-state index in [-0.39, 0.29) is 5.41 Å². The molecule has 0 aromatic heterocycles. The highest BCUT2D eigenvalue weighted by Crippen LogP contribution is 2.65. The second kappa shape index (κ2) is 8.40. The Kier molecular flexibility index (Phi) is 5.81. The zero-order valence-electron chi connectivity index (χ0n) is 18.7. The molecule has 1 heterocycles. The van der Waals surface area contributed by atoms with E-state index < -0.39 is 0 Å². The number of thioether (sulfide) groups is 1. The summed E-state index contributed by atoms with van der Waals surface area (Å²) >= 11 is 1.84. The number of allylic oxidation sites excluding steroid dienone is 14. The maximum atomic E-state index is 4.46. The first-order valence-electron chi connectivity index (χ1n) is 10.9. The number of rotatable bonds is 5. The molecule has 1 heteroatoms. The second-order valence-electron chi connectivity index (χ2n) is 8.48. The van der Waals surface area contributed by atoms with Crippen LogP contribution in [0, 0.1) is 5.92 Å². The van der Waals surface area contributed by atoms with Crippen LogP contribution in [0.5, 0.6) is 0 Å². The molecule has 1 aliphatic heterocycles. The fourth-order valence-corrected chi connectivity index (χ4v) is 6.36. The highest BCUT2D eigenvalue weighted by molar-refractivity contribution is 8.06. The lowest BCUT2D eigenvalue weighted by Gasteiger charge is -2.36. The highest BCUT2D eigenvalue weighted by Gasteiger charge is 2.53. The minimum Gasteiger partial charge on any atom is -0.103 e. The molecule has 0 saturated carbocycles. The van der Waals surface area contributed by atoms with Gasteiger partial charge in [-0.3, -0.25) is 0 Å². The molecule has 31 heavy (non-hydrogen) atoms. The maximum Gasteiger partial charge on any atom is 0.0744 e. The van der Waals surface area contributed by atoms with Crippen LogP contribution in [-0.2, 0) is 5.41 Å². The van der Waals surface area contributed by atoms with Gasteiger partial charge in [0.25, 0.3) is 0 Å². The molecule has 4 rings (SSSR count). The number of benzene rings is 1. The summed E-state index contributed by atoms with van der Waals surface area (Å²) in [5.41, 5.74) is 10.3. The molecule has 0 amide bonds. The quantitative estimate of drug-likeness (QED) is 0.338. The smallest absolute Gasteiger partial charge is 0.0744 e. The van der Waals surface area contributed by atoms with Crippen LogP contribution in [0.15, 0.2) is 125 Å². The van der Waals surface area contributed by atoms with Crippen LogP contribution in [0.1, 0.15) is 38.3 Å². The van der Waals surface area contributed by atoms with E-state index in [4.69, 9.17) is 0 Å². The van der Waals surface area contributed by atoms with E-state index in [1.807, 2.05) is 17.8 Å². The lowest BCUT2D eigenvalue weighted by molar-refractivity contribution is 0.633. The molecule has 0 nitrogen and oxygen atoms in total. The molecule has 0 fully saturated rings. The van der Waals surface area contributed by atoms with E-state index in [0.717, 1.165) is 12.0 Å². The van der Waals surface area contributed by atoms with Gasteiger partial charge in [-0.2, -0.15) is 0 Å². The van der Waals surface area contributed by atoms with Crippen molar-refractivity contribution in [3.05, 3.63) is 136 Å². The third-order valence-electron chi connectivity index (χ3n) is 6.77. The van der Waals surface area contributed by atoms with Crippen molar-refractivity contribution < 1.29 is 0 Å². The summed E-state index contributed by atoms with van der Waals surface area (Å²) in [6.07, 6.45) is 15.6. The topological polar surface area (TPSA) is 0 Å². The standard InChI is InChI=1S/C30H30S/c1-7-9-16-25-22(5)23(6)27(19-20(3)8-2)30(25)26-17-11-10-15-24(26)28-21(4)14-12-13-18-31-29(28)30/h7-18,20H,1-2,4,19H2,3,5-6H3/b14-12-,16-9-,18-13-. The predicted octanol–water partition coefficient (Wildman–Crippen LogP) is 8.62. The molecule has 156 valence electrons. The van der Waals surface area contributed by atoms with Crippen LogP contribution in [0.3, 0.4) is 0 Å². The van der Waals surface area contributed by atoms with Crippen molar-refractivity contribution in [2.75, 3.05) is 0 Å². The van der Waals surface area contributed by atoms with E-state index in [0.29, 0.717) is 5.92 Å². The summed E-state index contributed by atoms with van der Waals surface area (Å²) in [6.45, 7) is 19.3. The van der Waals surface area contributed by atoms with E-state index in [9.17, 15) is 0 Å². The Morgan fingerprint density at radius 1 is 1.10 bits per heavy atom. The fourth-order valence-electron chi connectivity index (χ4n) is 5.18. The van der Waals surface area contributed by atoms with Crippen molar-refractivity contribution >= 4 is 17.3 Å². The van der Waals surface area contributed by atoms with Crippen LogP contribution >= 0.6 is 11.8 Å². The number of hydrogen-bond acceptors (Lipinski definition) is 1. The Labute approximate surface area is 191 Å². The average molecular weight is 423 g/mol. The Morgan fingerprint density at radius 2 is 1.87 bits per heavy atom. The SMILES string of the molecule is C=C/C=C\C1=C(C)C(C)=C(CC(C)C=C)C12C1=C(C(=C)/C=C\C=C/S1)c1ccccc12. The first kappa shape index (κ1) is 21.5. The number of hydrogen-bond donors (Lipinski definition) is 0. The van der Waals surface area contributed by atoms with Crippen LogP contribution in [0.4, 0.5) is 0 Å². The van der Waals surface area contributed by atoms with Gasteiger partial charge in [-0.05, 0) is 70.6 Å². The summed E-state index contributed by atoms with van der Waals surface area (Å²) in [4.78, 5) is 1.37. The molecule has 3 aliphatic rings. The van der Waals surface area contributed by atoms with Crippen molar-refractivity contribution in [1.82, 2.24) is 0 Å². The van der Waals surface area contributed by atoms with Crippen molar-refractivity contribution in [1.29, 1.82) is 0 Å². The summed E-state index contributed by atoms with van der Waals surface area (Å²) < 4.78 is 0. The normalized spacial score (nSPS) is 25.6. The van der Waals surface area contributed by atoms with E-state index in [1.54, 1.807) is 0 Å². The Balaban J connectivity index is 2.14. The number of fused-ring (bicyclic) bond motifs is 4. The van der Waals surface area contributed by atoms with Crippen molar-refractivity contribution in [2.24, 2.45) is 5.92 Å². The van der Waals surface area contributed by atoms with Gasteiger partial charge in [-0.15, -0.1) is 18.3 Å². The monoisotopic (exact) mass is 422 g/mol. The van der Waals surface area contributed by atoms with Gasteiger partial charge in [0.1, 0.15) is 0 Å². The summed E-state index contributed by atoms with van der Waals surface area (Å²) in [5, 5.41) is 2.21. The molecular formula is C30H30S. The Hall–Kier alpha value is -2.77. The minimum absolute atomic E-state index is 0.292. The van der Waals surface area contributed by atoms with E-state index in [2.05, 4.69) is 107 Å². The summed E-state index contributed by atoms with van der Waals surface area (Å²) in [7, 11) is 0. The first-order valence-corrected chi connectivity index (χ1v) is 11.7. The molecule has 1 aromatic carbocycles. The van der Waals surface area contributed by atoms with Crippen LogP contribution in [-0.4, -0.2) is 0 Å². The average Bonchev–Trinajstić information content (AvgIpc) is 3.15. The fraction of sp³-hybridized carbons (Fsp3) is 0.200. The van der Waals surface area contributed by atoms with Gasteiger partial charge in [0.2, 0.25) is 0 Å². The van der Waals surface area contributed by atoms with Crippen molar-refractivity contribution in [3.8, 4) is 0 Å². The molecule has 2 aliphatic carbocycles. The minimum atomic E-state index is -0.292. The predicted molar refractivity (Wildman–Crippen MR) is 139 cm³/mol.